The molecule has 0 saturated heterocycles. The van der Waals surface area contributed by atoms with Crippen molar-refractivity contribution < 1.29 is 9.13 Å². The van der Waals surface area contributed by atoms with Crippen molar-refractivity contribution in [1.82, 2.24) is 0 Å². The quantitative estimate of drug-likeness (QED) is 0.842. The van der Waals surface area contributed by atoms with Crippen LogP contribution in [0.15, 0.2) is 22.7 Å². The molecule has 1 aromatic rings. The Hall–Kier alpha value is -0.450. The molecule has 2 N–H and O–H groups in total. The minimum Gasteiger partial charge on any atom is -0.375 e. The lowest BCUT2D eigenvalue weighted by molar-refractivity contribution is 0.0651. The second-order valence-electron chi connectivity index (χ2n) is 5.51. The number of halogens is 2. The van der Waals surface area contributed by atoms with Crippen LogP contribution in [-0.2, 0) is 11.3 Å². The molecule has 0 spiro atoms. The molecule has 0 bridgehead atoms. The highest BCUT2D eigenvalue weighted by Gasteiger charge is 2.26. The predicted molar refractivity (Wildman–Crippen MR) is 78.4 cm³/mol. The van der Waals surface area contributed by atoms with Gasteiger partial charge in [-0.1, -0.05) is 47.7 Å². The Kier molecular flexibility index (Phi) is 5.37. The van der Waals surface area contributed by atoms with Crippen molar-refractivity contribution in [3.8, 4) is 0 Å². The average Bonchev–Trinajstić information content (AvgIpc) is 2.57. The topological polar surface area (TPSA) is 35.2 Å². The lowest BCUT2D eigenvalue weighted by atomic mass is 9.92. The Balaban J connectivity index is 1.85. The summed E-state index contributed by atoms with van der Waals surface area (Å²) in [5.74, 6) is -0.235. The highest BCUT2D eigenvalue weighted by Crippen LogP contribution is 2.25. The van der Waals surface area contributed by atoms with Crippen molar-refractivity contribution in [3.05, 3.63) is 34.1 Å². The summed E-state index contributed by atoms with van der Waals surface area (Å²) in [6, 6.07) is 5.03. The molecule has 0 atom stereocenters. The first-order valence-electron chi connectivity index (χ1n) is 6.90. The van der Waals surface area contributed by atoms with E-state index in [4.69, 9.17) is 10.5 Å². The van der Waals surface area contributed by atoms with Gasteiger partial charge in [-0.25, -0.2) is 4.39 Å². The molecule has 4 heteroatoms. The maximum Gasteiger partial charge on any atom is 0.129 e. The molecule has 2 nitrogen and oxygen atoms in total. The van der Waals surface area contributed by atoms with E-state index in [9.17, 15) is 4.39 Å². The summed E-state index contributed by atoms with van der Waals surface area (Å²) in [4.78, 5) is 0. The van der Waals surface area contributed by atoms with Gasteiger partial charge < -0.3 is 10.5 Å². The van der Waals surface area contributed by atoms with Crippen LogP contribution in [0.1, 0.15) is 44.1 Å². The van der Waals surface area contributed by atoms with Crippen LogP contribution in [0.4, 0.5) is 4.39 Å². The average molecular weight is 330 g/mol. The lowest BCUT2D eigenvalue weighted by Crippen LogP contribution is -2.43. The van der Waals surface area contributed by atoms with Gasteiger partial charge in [0, 0.05) is 15.6 Å². The highest BCUT2D eigenvalue weighted by molar-refractivity contribution is 9.10. The van der Waals surface area contributed by atoms with E-state index in [1.807, 2.05) is 6.07 Å². The van der Waals surface area contributed by atoms with E-state index in [-0.39, 0.29) is 18.0 Å². The van der Waals surface area contributed by atoms with E-state index in [0.717, 1.165) is 17.3 Å². The van der Waals surface area contributed by atoms with Crippen molar-refractivity contribution in [2.24, 2.45) is 5.73 Å². The standard InChI is InChI=1S/C15H21BrFNO/c16-13-6-5-12(14(17)9-13)10-19-11-15(18)7-3-1-2-4-8-15/h5-6,9H,1-4,7-8,10-11,18H2. The first-order valence-corrected chi connectivity index (χ1v) is 7.69. The molecular weight excluding hydrogens is 309 g/mol. The van der Waals surface area contributed by atoms with Gasteiger partial charge in [-0.15, -0.1) is 0 Å². The molecule has 1 aromatic carbocycles. The fraction of sp³-hybridized carbons (Fsp3) is 0.600. The summed E-state index contributed by atoms with van der Waals surface area (Å²) in [6.45, 7) is 0.806. The van der Waals surface area contributed by atoms with Crippen LogP contribution in [0, 0.1) is 5.82 Å². The maximum absolute atomic E-state index is 13.6. The number of ether oxygens (including phenoxy) is 1. The van der Waals surface area contributed by atoms with E-state index in [1.165, 1.54) is 31.7 Å². The van der Waals surface area contributed by atoms with Crippen molar-refractivity contribution in [2.45, 2.75) is 50.7 Å². The third-order valence-electron chi connectivity index (χ3n) is 3.76. The molecule has 0 aromatic heterocycles. The van der Waals surface area contributed by atoms with Gasteiger partial charge in [0.25, 0.3) is 0 Å². The second-order valence-corrected chi connectivity index (χ2v) is 6.42. The Labute approximate surface area is 122 Å². The molecule has 1 saturated carbocycles. The zero-order valence-electron chi connectivity index (χ0n) is 11.1. The predicted octanol–water partition coefficient (Wildman–Crippen LogP) is 4.16. The molecule has 0 unspecified atom stereocenters. The first kappa shape index (κ1) is 14.9. The molecule has 0 radical (unpaired) electrons. The van der Waals surface area contributed by atoms with Gasteiger partial charge in [-0.05, 0) is 25.0 Å². The summed E-state index contributed by atoms with van der Waals surface area (Å²) < 4.78 is 20.0. The summed E-state index contributed by atoms with van der Waals surface area (Å²) in [5, 5.41) is 0. The van der Waals surface area contributed by atoms with E-state index >= 15 is 0 Å². The monoisotopic (exact) mass is 329 g/mol. The maximum atomic E-state index is 13.6. The van der Waals surface area contributed by atoms with Crippen LogP contribution in [0.2, 0.25) is 0 Å². The first-order chi connectivity index (χ1) is 9.09. The highest BCUT2D eigenvalue weighted by atomic mass is 79.9. The van der Waals surface area contributed by atoms with E-state index in [0.29, 0.717) is 12.2 Å². The van der Waals surface area contributed by atoms with Crippen LogP contribution in [0.5, 0.6) is 0 Å². The number of nitrogens with two attached hydrogens (primary N) is 1. The molecule has 0 amide bonds. The van der Waals surface area contributed by atoms with Crippen molar-refractivity contribution in [2.75, 3.05) is 6.61 Å². The van der Waals surface area contributed by atoms with Gasteiger partial charge in [0.2, 0.25) is 0 Å². The van der Waals surface area contributed by atoms with Gasteiger partial charge in [0.15, 0.2) is 0 Å². The molecular formula is C15H21BrFNO. The normalized spacial score (nSPS) is 19.1. The van der Waals surface area contributed by atoms with Crippen LogP contribution >= 0.6 is 15.9 Å². The van der Waals surface area contributed by atoms with Gasteiger partial charge in [0.1, 0.15) is 5.82 Å². The van der Waals surface area contributed by atoms with Crippen molar-refractivity contribution in [3.63, 3.8) is 0 Å². The Morgan fingerprint density at radius 1 is 1.21 bits per heavy atom. The minimum absolute atomic E-state index is 0.220. The largest absolute Gasteiger partial charge is 0.375 e. The SMILES string of the molecule is NC1(COCc2ccc(Br)cc2F)CCCCCC1. The molecule has 0 aliphatic heterocycles. The Bertz CT molecular complexity index is 417. The van der Waals surface area contributed by atoms with Gasteiger partial charge in [0.05, 0.1) is 13.2 Å². The van der Waals surface area contributed by atoms with Crippen LogP contribution in [-0.4, -0.2) is 12.1 Å². The third-order valence-corrected chi connectivity index (χ3v) is 4.25. The zero-order valence-corrected chi connectivity index (χ0v) is 12.7. The molecule has 1 fully saturated rings. The summed E-state index contributed by atoms with van der Waals surface area (Å²) in [5.41, 5.74) is 6.72. The van der Waals surface area contributed by atoms with Gasteiger partial charge in [-0.2, -0.15) is 0 Å². The Morgan fingerprint density at radius 3 is 2.53 bits per heavy atom. The summed E-state index contributed by atoms with van der Waals surface area (Å²) >= 11 is 3.24. The van der Waals surface area contributed by atoms with Crippen LogP contribution in [0.3, 0.4) is 0 Å². The van der Waals surface area contributed by atoms with Crippen LogP contribution in [0.25, 0.3) is 0 Å². The number of hydrogen-bond acceptors (Lipinski definition) is 2. The molecule has 2 rings (SSSR count). The van der Waals surface area contributed by atoms with Gasteiger partial charge >= 0.3 is 0 Å². The van der Waals surface area contributed by atoms with E-state index in [2.05, 4.69) is 15.9 Å². The third kappa shape index (κ3) is 4.55. The molecule has 1 aliphatic rings. The number of rotatable bonds is 4. The zero-order chi connectivity index (χ0) is 13.7. The molecule has 19 heavy (non-hydrogen) atoms. The van der Waals surface area contributed by atoms with E-state index in [1.54, 1.807) is 6.07 Å². The second kappa shape index (κ2) is 6.82. The lowest BCUT2D eigenvalue weighted by Gasteiger charge is -2.27. The number of hydrogen-bond donors (Lipinski definition) is 1. The van der Waals surface area contributed by atoms with Gasteiger partial charge in [-0.3, -0.25) is 0 Å². The van der Waals surface area contributed by atoms with Crippen LogP contribution < -0.4 is 5.73 Å². The van der Waals surface area contributed by atoms with Crippen molar-refractivity contribution >= 4 is 15.9 Å². The molecule has 1 aliphatic carbocycles. The fourth-order valence-corrected chi connectivity index (χ4v) is 2.91. The minimum atomic E-state index is -0.235. The Morgan fingerprint density at radius 2 is 1.89 bits per heavy atom. The number of benzene rings is 1. The molecule has 106 valence electrons. The van der Waals surface area contributed by atoms with Crippen molar-refractivity contribution in [1.29, 1.82) is 0 Å². The fourth-order valence-electron chi connectivity index (χ4n) is 2.58. The van der Waals surface area contributed by atoms with E-state index < -0.39 is 0 Å². The summed E-state index contributed by atoms with van der Waals surface area (Å²) in [6.07, 6.45) is 6.89. The smallest absolute Gasteiger partial charge is 0.129 e. The molecule has 0 heterocycles. The summed E-state index contributed by atoms with van der Waals surface area (Å²) in [7, 11) is 0.